The van der Waals surface area contributed by atoms with Crippen LogP contribution in [0.1, 0.15) is 30.0 Å². The number of nitrogens with two attached hydrogens (primary N) is 1. The Labute approximate surface area is 161 Å². The highest BCUT2D eigenvalue weighted by Gasteiger charge is 2.29. The average molecular weight is 396 g/mol. The van der Waals surface area contributed by atoms with Gasteiger partial charge in [-0.2, -0.15) is 13.2 Å². The van der Waals surface area contributed by atoms with Crippen molar-refractivity contribution in [1.82, 2.24) is 5.32 Å². The molecule has 152 valence electrons. The number of ether oxygens (including phenoxy) is 1. The molecular weight excluding hydrogens is 373 g/mol. The molecule has 0 aromatic heterocycles. The van der Waals surface area contributed by atoms with Crippen LogP contribution in [0.2, 0.25) is 0 Å². The number of amides is 1. The van der Waals surface area contributed by atoms with Crippen molar-refractivity contribution < 1.29 is 27.8 Å². The molecule has 2 atom stereocenters. The molecule has 0 saturated carbocycles. The normalized spacial score (nSPS) is 13.6. The highest BCUT2D eigenvalue weighted by molar-refractivity contribution is 5.82. The predicted octanol–water partition coefficient (Wildman–Crippen LogP) is 3.00. The van der Waals surface area contributed by atoms with Crippen molar-refractivity contribution >= 4 is 5.91 Å². The molecule has 2 aromatic carbocycles. The molecule has 1 amide bonds. The van der Waals surface area contributed by atoms with Gasteiger partial charge in [-0.3, -0.25) is 4.79 Å². The van der Waals surface area contributed by atoms with Gasteiger partial charge >= 0.3 is 6.18 Å². The second kappa shape index (κ2) is 9.57. The number of hydrogen-bond acceptors (Lipinski definition) is 4. The van der Waals surface area contributed by atoms with E-state index in [-0.39, 0.29) is 13.2 Å². The van der Waals surface area contributed by atoms with E-state index in [0.717, 1.165) is 17.7 Å². The minimum absolute atomic E-state index is 0.113. The number of carbonyl (C=O) groups is 1. The second-order valence-corrected chi connectivity index (χ2v) is 6.35. The maximum atomic E-state index is 12.6. The Balaban J connectivity index is 1.90. The van der Waals surface area contributed by atoms with E-state index in [2.05, 4.69) is 5.32 Å². The van der Waals surface area contributed by atoms with Gasteiger partial charge in [0.15, 0.2) is 0 Å². The number of rotatable bonds is 8. The summed E-state index contributed by atoms with van der Waals surface area (Å²) in [7, 11) is 0. The quantitative estimate of drug-likeness (QED) is 0.641. The Morgan fingerprint density at radius 3 is 2.46 bits per heavy atom. The van der Waals surface area contributed by atoms with Crippen LogP contribution in [0.15, 0.2) is 48.5 Å². The molecule has 0 radical (unpaired) electrons. The number of aliphatic hydroxyl groups excluding tert-OH is 1. The molecule has 0 aliphatic carbocycles. The molecule has 0 bridgehead atoms. The SMILES string of the molecule is CC[C@H](O)C(N)C(=O)NCc1cccc(OCc2ccc(C(F)(F)F)cc2)c1. The van der Waals surface area contributed by atoms with Crippen molar-refractivity contribution in [2.75, 3.05) is 0 Å². The molecule has 0 aliphatic rings. The number of hydrogen-bond donors (Lipinski definition) is 3. The summed E-state index contributed by atoms with van der Waals surface area (Å²) in [6, 6.07) is 10.7. The first-order chi connectivity index (χ1) is 13.2. The molecule has 0 aliphatic heterocycles. The lowest BCUT2D eigenvalue weighted by Crippen LogP contribution is -2.47. The first-order valence-electron chi connectivity index (χ1n) is 8.80. The van der Waals surface area contributed by atoms with Gasteiger partial charge < -0.3 is 20.9 Å². The zero-order chi connectivity index (χ0) is 20.7. The number of nitrogens with one attached hydrogen (secondary N) is 1. The third kappa shape index (κ3) is 6.24. The van der Waals surface area contributed by atoms with Crippen LogP contribution in [0.3, 0.4) is 0 Å². The number of halogens is 3. The van der Waals surface area contributed by atoms with E-state index < -0.39 is 29.8 Å². The van der Waals surface area contributed by atoms with E-state index in [1.807, 2.05) is 0 Å². The van der Waals surface area contributed by atoms with Crippen LogP contribution < -0.4 is 15.8 Å². The van der Waals surface area contributed by atoms with E-state index in [0.29, 0.717) is 17.7 Å². The lowest BCUT2D eigenvalue weighted by molar-refractivity contribution is -0.137. The standard InChI is InChI=1S/C20H23F3N2O3/c1-2-17(26)18(24)19(27)25-11-14-4-3-5-16(10-14)28-12-13-6-8-15(9-7-13)20(21,22)23/h3-10,17-18,26H,2,11-12,24H2,1H3,(H,25,27)/t17-,18?/m0/s1. The fourth-order valence-corrected chi connectivity index (χ4v) is 2.44. The fraction of sp³-hybridized carbons (Fsp3) is 0.350. The lowest BCUT2D eigenvalue weighted by atomic mass is 10.1. The molecule has 0 spiro atoms. The van der Waals surface area contributed by atoms with E-state index in [1.54, 1.807) is 31.2 Å². The number of carbonyl (C=O) groups excluding carboxylic acids is 1. The highest BCUT2D eigenvalue weighted by atomic mass is 19.4. The molecule has 0 heterocycles. The Bertz CT molecular complexity index is 779. The summed E-state index contributed by atoms with van der Waals surface area (Å²) in [6.45, 7) is 2.05. The summed E-state index contributed by atoms with van der Waals surface area (Å²) in [6.07, 6.45) is -4.89. The molecule has 2 aromatic rings. The Hall–Kier alpha value is -2.58. The zero-order valence-corrected chi connectivity index (χ0v) is 15.4. The fourth-order valence-electron chi connectivity index (χ4n) is 2.44. The van der Waals surface area contributed by atoms with Crippen LogP contribution >= 0.6 is 0 Å². The van der Waals surface area contributed by atoms with Crippen molar-refractivity contribution in [1.29, 1.82) is 0 Å². The Kier molecular flexibility index (Phi) is 7.42. The first kappa shape index (κ1) is 21.7. The summed E-state index contributed by atoms with van der Waals surface area (Å²) in [5.74, 6) is 0.0648. The molecule has 5 nitrogen and oxygen atoms in total. The smallest absolute Gasteiger partial charge is 0.416 e. The number of aliphatic hydroxyl groups is 1. The van der Waals surface area contributed by atoms with Crippen LogP contribution in [0.5, 0.6) is 5.75 Å². The third-order valence-corrected chi connectivity index (χ3v) is 4.19. The van der Waals surface area contributed by atoms with Gasteiger partial charge in [0.05, 0.1) is 11.7 Å². The van der Waals surface area contributed by atoms with Gasteiger partial charge in [-0.15, -0.1) is 0 Å². The Morgan fingerprint density at radius 1 is 1.18 bits per heavy atom. The van der Waals surface area contributed by atoms with Crippen LogP contribution in [0.4, 0.5) is 13.2 Å². The molecular formula is C20H23F3N2O3. The molecule has 1 unspecified atom stereocenters. The number of benzene rings is 2. The van der Waals surface area contributed by atoms with E-state index in [1.165, 1.54) is 12.1 Å². The van der Waals surface area contributed by atoms with Gasteiger partial charge in [0.2, 0.25) is 5.91 Å². The summed E-state index contributed by atoms with van der Waals surface area (Å²) in [5.41, 5.74) is 6.31. The van der Waals surface area contributed by atoms with Crippen LogP contribution in [0, 0.1) is 0 Å². The summed E-state index contributed by atoms with van der Waals surface area (Å²) >= 11 is 0. The summed E-state index contributed by atoms with van der Waals surface area (Å²) < 4.78 is 43.3. The van der Waals surface area contributed by atoms with Crippen molar-refractivity contribution in [3.8, 4) is 5.75 Å². The maximum absolute atomic E-state index is 12.6. The number of alkyl halides is 3. The Morgan fingerprint density at radius 2 is 1.86 bits per heavy atom. The summed E-state index contributed by atoms with van der Waals surface area (Å²) in [4.78, 5) is 11.9. The van der Waals surface area contributed by atoms with Crippen molar-refractivity contribution in [2.24, 2.45) is 5.73 Å². The van der Waals surface area contributed by atoms with Gasteiger partial charge in [0.25, 0.3) is 0 Å². The monoisotopic (exact) mass is 396 g/mol. The predicted molar refractivity (Wildman–Crippen MR) is 98.3 cm³/mol. The van der Waals surface area contributed by atoms with Crippen LogP contribution in [-0.4, -0.2) is 23.2 Å². The average Bonchev–Trinajstić information content (AvgIpc) is 2.69. The zero-order valence-electron chi connectivity index (χ0n) is 15.4. The van der Waals surface area contributed by atoms with Gasteiger partial charge in [-0.1, -0.05) is 31.2 Å². The van der Waals surface area contributed by atoms with Crippen molar-refractivity contribution in [3.05, 3.63) is 65.2 Å². The van der Waals surface area contributed by atoms with Gasteiger partial charge in [0.1, 0.15) is 18.4 Å². The highest BCUT2D eigenvalue weighted by Crippen LogP contribution is 2.29. The lowest BCUT2D eigenvalue weighted by Gasteiger charge is -2.17. The van der Waals surface area contributed by atoms with Crippen LogP contribution in [-0.2, 0) is 24.1 Å². The minimum Gasteiger partial charge on any atom is -0.489 e. The largest absolute Gasteiger partial charge is 0.489 e. The maximum Gasteiger partial charge on any atom is 0.416 e. The van der Waals surface area contributed by atoms with Gasteiger partial charge in [-0.05, 0) is 41.8 Å². The third-order valence-electron chi connectivity index (χ3n) is 4.19. The van der Waals surface area contributed by atoms with Gasteiger partial charge in [-0.25, -0.2) is 0 Å². The molecule has 0 saturated heterocycles. The molecule has 0 fully saturated rings. The molecule has 2 rings (SSSR count). The second-order valence-electron chi connectivity index (χ2n) is 6.35. The topological polar surface area (TPSA) is 84.6 Å². The van der Waals surface area contributed by atoms with E-state index in [4.69, 9.17) is 10.5 Å². The van der Waals surface area contributed by atoms with Crippen molar-refractivity contribution in [2.45, 2.75) is 44.8 Å². The molecule has 4 N–H and O–H groups in total. The molecule has 28 heavy (non-hydrogen) atoms. The van der Waals surface area contributed by atoms with Crippen molar-refractivity contribution in [3.63, 3.8) is 0 Å². The first-order valence-corrected chi connectivity index (χ1v) is 8.80. The minimum atomic E-state index is -4.37. The molecule has 8 heteroatoms. The summed E-state index contributed by atoms with van der Waals surface area (Å²) in [5, 5.41) is 12.3. The van der Waals surface area contributed by atoms with E-state index >= 15 is 0 Å². The van der Waals surface area contributed by atoms with Gasteiger partial charge in [0, 0.05) is 6.54 Å². The van der Waals surface area contributed by atoms with Crippen LogP contribution in [0.25, 0.3) is 0 Å². The van der Waals surface area contributed by atoms with E-state index in [9.17, 15) is 23.1 Å².